The van der Waals surface area contributed by atoms with Gasteiger partial charge in [0.15, 0.2) is 5.79 Å². The van der Waals surface area contributed by atoms with Gasteiger partial charge in [-0.2, -0.15) is 13.2 Å². The van der Waals surface area contributed by atoms with Crippen molar-refractivity contribution in [2.24, 2.45) is 0 Å². The SMILES string of the molecule is FC(F)(F)c1ccccc1CN1CCC2(CC1)OCCO2. The van der Waals surface area contributed by atoms with E-state index in [4.69, 9.17) is 9.47 Å². The van der Waals surface area contributed by atoms with Crippen molar-refractivity contribution in [1.29, 1.82) is 0 Å². The Morgan fingerprint density at radius 3 is 2.29 bits per heavy atom. The van der Waals surface area contributed by atoms with Gasteiger partial charge in [0.1, 0.15) is 0 Å². The van der Waals surface area contributed by atoms with Gasteiger partial charge in [-0.3, -0.25) is 4.90 Å². The fraction of sp³-hybridized carbons (Fsp3) is 0.600. The molecule has 0 unspecified atom stereocenters. The van der Waals surface area contributed by atoms with E-state index in [0.717, 1.165) is 6.07 Å². The topological polar surface area (TPSA) is 21.7 Å². The number of rotatable bonds is 2. The van der Waals surface area contributed by atoms with Gasteiger partial charge in [0.2, 0.25) is 0 Å². The molecule has 3 rings (SSSR count). The Bertz CT molecular complexity index is 488. The van der Waals surface area contributed by atoms with Crippen LogP contribution < -0.4 is 0 Å². The molecular weight excluding hydrogens is 283 g/mol. The molecule has 0 saturated carbocycles. The smallest absolute Gasteiger partial charge is 0.347 e. The zero-order valence-electron chi connectivity index (χ0n) is 11.7. The van der Waals surface area contributed by atoms with Gasteiger partial charge in [0, 0.05) is 32.5 Å². The summed E-state index contributed by atoms with van der Waals surface area (Å²) < 4.78 is 50.2. The van der Waals surface area contributed by atoms with Crippen molar-refractivity contribution in [3.8, 4) is 0 Å². The molecular formula is C15H18F3NO2. The maximum absolute atomic E-state index is 13.0. The highest BCUT2D eigenvalue weighted by molar-refractivity contribution is 5.29. The van der Waals surface area contributed by atoms with Gasteiger partial charge in [-0.25, -0.2) is 0 Å². The summed E-state index contributed by atoms with van der Waals surface area (Å²) in [5.74, 6) is -0.486. The van der Waals surface area contributed by atoms with E-state index < -0.39 is 17.5 Å². The first kappa shape index (κ1) is 14.8. The maximum atomic E-state index is 13.0. The quantitative estimate of drug-likeness (QED) is 0.838. The van der Waals surface area contributed by atoms with Gasteiger partial charge in [-0.05, 0) is 11.6 Å². The largest absolute Gasteiger partial charge is 0.416 e. The number of piperidine rings is 1. The molecule has 2 fully saturated rings. The van der Waals surface area contributed by atoms with E-state index in [1.165, 1.54) is 6.07 Å². The highest BCUT2D eigenvalue weighted by Gasteiger charge is 2.40. The van der Waals surface area contributed by atoms with Crippen LogP contribution in [0.4, 0.5) is 13.2 Å². The van der Waals surface area contributed by atoms with E-state index in [1.54, 1.807) is 12.1 Å². The van der Waals surface area contributed by atoms with Gasteiger partial charge in [-0.15, -0.1) is 0 Å². The number of halogens is 3. The second-order valence-electron chi connectivity index (χ2n) is 5.54. The minimum Gasteiger partial charge on any atom is -0.347 e. The number of likely N-dealkylation sites (tertiary alicyclic amines) is 1. The zero-order chi connectivity index (χ0) is 14.9. The number of nitrogens with zero attached hydrogens (tertiary/aromatic N) is 1. The van der Waals surface area contributed by atoms with E-state index in [-0.39, 0.29) is 0 Å². The Kier molecular flexibility index (Phi) is 3.94. The molecule has 2 heterocycles. The molecule has 0 amide bonds. The fourth-order valence-corrected chi connectivity index (χ4v) is 3.01. The van der Waals surface area contributed by atoms with Crippen LogP contribution in [0.5, 0.6) is 0 Å². The van der Waals surface area contributed by atoms with Crippen LogP contribution >= 0.6 is 0 Å². The highest BCUT2D eigenvalue weighted by Crippen LogP contribution is 2.34. The number of hydrogen-bond acceptors (Lipinski definition) is 3. The molecule has 1 spiro atoms. The Morgan fingerprint density at radius 2 is 1.67 bits per heavy atom. The summed E-state index contributed by atoms with van der Waals surface area (Å²) in [6.45, 7) is 2.90. The Hall–Kier alpha value is -1.11. The summed E-state index contributed by atoms with van der Waals surface area (Å²) >= 11 is 0. The fourth-order valence-electron chi connectivity index (χ4n) is 3.01. The number of alkyl halides is 3. The number of ether oxygens (including phenoxy) is 2. The average Bonchev–Trinajstić information content (AvgIpc) is 2.90. The van der Waals surface area contributed by atoms with E-state index in [2.05, 4.69) is 0 Å². The summed E-state index contributed by atoms with van der Waals surface area (Å²) in [5.41, 5.74) is -0.215. The summed E-state index contributed by atoms with van der Waals surface area (Å²) in [4.78, 5) is 2.03. The minimum atomic E-state index is -4.30. The predicted octanol–water partition coefficient (Wildman–Crippen LogP) is 3.04. The van der Waals surface area contributed by atoms with Crippen LogP contribution in [0.25, 0.3) is 0 Å². The van der Waals surface area contributed by atoms with Crippen molar-refractivity contribution in [2.75, 3.05) is 26.3 Å². The number of hydrogen-bond donors (Lipinski definition) is 0. The highest BCUT2D eigenvalue weighted by atomic mass is 19.4. The lowest BCUT2D eigenvalue weighted by atomic mass is 10.0. The monoisotopic (exact) mass is 301 g/mol. The molecule has 0 aliphatic carbocycles. The normalized spacial score (nSPS) is 22.8. The molecule has 0 aromatic heterocycles. The van der Waals surface area contributed by atoms with Gasteiger partial charge >= 0.3 is 6.18 Å². The predicted molar refractivity (Wildman–Crippen MR) is 70.6 cm³/mol. The molecule has 0 bridgehead atoms. The summed E-state index contributed by atoms with van der Waals surface area (Å²) in [7, 11) is 0. The van der Waals surface area contributed by atoms with E-state index in [0.29, 0.717) is 51.3 Å². The van der Waals surface area contributed by atoms with Crippen molar-refractivity contribution in [1.82, 2.24) is 4.90 Å². The van der Waals surface area contributed by atoms with Crippen LogP contribution in [0, 0.1) is 0 Å². The molecule has 2 aliphatic heterocycles. The molecule has 0 radical (unpaired) electrons. The van der Waals surface area contributed by atoms with Gasteiger partial charge in [0.25, 0.3) is 0 Å². The molecule has 21 heavy (non-hydrogen) atoms. The maximum Gasteiger partial charge on any atom is 0.416 e. The lowest BCUT2D eigenvalue weighted by Gasteiger charge is -2.37. The van der Waals surface area contributed by atoms with E-state index in [1.807, 2.05) is 4.90 Å². The molecule has 0 N–H and O–H groups in total. The average molecular weight is 301 g/mol. The van der Waals surface area contributed by atoms with Crippen LogP contribution in [0.1, 0.15) is 24.0 Å². The summed E-state index contributed by atoms with van der Waals surface area (Å²) in [5, 5.41) is 0. The zero-order valence-corrected chi connectivity index (χ0v) is 11.7. The Balaban J connectivity index is 1.66. The Labute approximate surface area is 121 Å². The lowest BCUT2D eigenvalue weighted by molar-refractivity contribution is -0.186. The van der Waals surface area contributed by atoms with Crippen LogP contribution in [0.15, 0.2) is 24.3 Å². The van der Waals surface area contributed by atoms with Crippen molar-refractivity contribution in [2.45, 2.75) is 31.3 Å². The molecule has 2 saturated heterocycles. The third-order valence-corrected chi connectivity index (χ3v) is 4.15. The van der Waals surface area contributed by atoms with Crippen LogP contribution in [0.2, 0.25) is 0 Å². The second-order valence-corrected chi connectivity index (χ2v) is 5.54. The Morgan fingerprint density at radius 1 is 1.05 bits per heavy atom. The molecule has 2 aliphatic rings. The second kappa shape index (κ2) is 5.59. The van der Waals surface area contributed by atoms with Gasteiger partial charge in [0.05, 0.1) is 18.8 Å². The van der Waals surface area contributed by atoms with Crippen molar-refractivity contribution < 1.29 is 22.6 Å². The van der Waals surface area contributed by atoms with Crippen molar-refractivity contribution in [3.05, 3.63) is 35.4 Å². The third kappa shape index (κ3) is 3.22. The molecule has 0 atom stereocenters. The van der Waals surface area contributed by atoms with Crippen LogP contribution in [-0.4, -0.2) is 37.0 Å². The third-order valence-electron chi connectivity index (χ3n) is 4.15. The van der Waals surface area contributed by atoms with Crippen molar-refractivity contribution in [3.63, 3.8) is 0 Å². The number of benzene rings is 1. The first-order valence-electron chi connectivity index (χ1n) is 7.14. The first-order valence-corrected chi connectivity index (χ1v) is 7.14. The standard InChI is InChI=1S/C15H18F3NO2/c16-15(17,18)13-4-2-1-3-12(13)11-19-7-5-14(6-8-19)20-9-10-21-14/h1-4H,5-11H2. The van der Waals surface area contributed by atoms with Crippen LogP contribution in [-0.2, 0) is 22.2 Å². The first-order chi connectivity index (χ1) is 9.99. The molecule has 1 aromatic carbocycles. The van der Waals surface area contributed by atoms with Gasteiger partial charge in [-0.1, -0.05) is 18.2 Å². The summed E-state index contributed by atoms with van der Waals surface area (Å²) in [6, 6.07) is 5.77. The lowest BCUT2D eigenvalue weighted by Crippen LogP contribution is -2.44. The van der Waals surface area contributed by atoms with Crippen LogP contribution in [0.3, 0.4) is 0 Å². The minimum absolute atomic E-state index is 0.311. The van der Waals surface area contributed by atoms with E-state index in [9.17, 15) is 13.2 Å². The molecule has 116 valence electrons. The van der Waals surface area contributed by atoms with Crippen molar-refractivity contribution >= 4 is 0 Å². The summed E-state index contributed by atoms with van der Waals surface area (Å²) in [6.07, 6.45) is -2.88. The van der Waals surface area contributed by atoms with Gasteiger partial charge < -0.3 is 9.47 Å². The molecule has 3 nitrogen and oxygen atoms in total. The van der Waals surface area contributed by atoms with E-state index >= 15 is 0 Å². The molecule has 1 aromatic rings. The molecule has 6 heteroatoms.